The number of nitrogens with one attached hydrogen (secondary N) is 1. The number of amides is 1. The number of nitrogens with zero attached hydrogens (tertiary/aromatic N) is 1. The third kappa shape index (κ3) is 3.91. The van der Waals surface area contributed by atoms with Crippen LogP contribution in [0, 0.1) is 16.0 Å². The van der Waals surface area contributed by atoms with Gasteiger partial charge >= 0.3 is 5.97 Å². The smallest absolute Gasteiger partial charge is 0.319 e. The van der Waals surface area contributed by atoms with Crippen molar-refractivity contribution in [3.8, 4) is 11.5 Å². The highest BCUT2D eigenvalue weighted by Crippen LogP contribution is 2.41. The van der Waals surface area contributed by atoms with Crippen molar-refractivity contribution in [2.45, 2.75) is 18.0 Å². The third-order valence-corrected chi connectivity index (χ3v) is 5.32. The zero-order valence-corrected chi connectivity index (χ0v) is 16.7. The summed E-state index contributed by atoms with van der Waals surface area (Å²) in [5.74, 6) is -2.70. The Hall–Kier alpha value is -3.62. The summed E-state index contributed by atoms with van der Waals surface area (Å²) >= 11 is 0. The van der Waals surface area contributed by atoms with Gasteiger partial charge in [0.15, 0.2) is 0 Å². The van der Waals surface area contributed by atoms with Gasteiger partial charge in [-0.3, -0.25) is 19.7 Å². The molecule has 1 N–H and O–H groups in total. The van der Waals surface area contributed by atoms with E-state index in [4.69, 9.17) is 14.2 Å². The van der Waals surface area contributed by atoms with Gasteiger partial charge < -0.3 is 19.5 Å². The summed E-state index contributed by atoms with van der Waals surface area (Å²) in [7, 11) is 4.16. The van der Waals surface area contributed by atoms with E-state index >= 15 is 0 Å². The highest BCUT2D eigenvalue weighted by molar-refractivity contribution is 6.00. The summed E-state index contributed by atoms with van der Waals surface area (Å²) < 4.78 is 15.1. The molecule has 0 spiro atoms. The largest absolute Gasteiger partial charge is 0.497 e. The fourth-order valence-corrected chi connectivity index (χ4v) is 3.84. The molecular formula is C21H22N2O7. The van der Waals surface area contributed by atoms with Crippen LogP contribution in [0.25, 0.3) is 0 Å². The van der Waals surface area contributed by atoms with Crippen LogP contribution in [-0.4, -0.2) is 44.2 Å². The number of rotatable bonds is 6. The molecule has 1 heterocycles. The summed E-state index contributed by atoms with van der Waals surface area (Å²) in [6.45, 7) is 0. The number of ether oxygens (including phenoxy) is 3. The fourth-order valence-electron chi connectivity index (χ4n) is 3.84. The van der Waals surface area contributed by atoms with Gasteiger partial charge in [-0.1, -0.05) is 24.3 Å². The Morgan fingerprint density at radius 1 is 0.933 bits per heavy atom. The molecule has 0 aromatic heterocycles. The molecule has 1 amide bonds. The second kappa shape index (κ2) is 8.81. The highest BCUT2D eigenvalue weighted by atomic mass is 16.6. The number of carbonyl (C=O) groups excluding carboxylic acids is 2. The number of nitro groups is 1. The quantitative estimate of drug-likeness (QED) is 0.333. The van der Waals surface area contributed by atoms with Crippen molar-refractivity contribution in [1.29, 1.82) is 0 Å². The van der Waals surface area contributed by atoms with E-state index in [2.05, 4.69) is 5.32 Å². The van der Waals surface area contributed by atoms with Gasteiger partial charge in [-0.05, 0) is 35.4 Å². The van der Waals surface area contributed by atoms with Gasteiger partial charge in [-0.2, -0.15) is 0 Å². The van der Waals surface area contributed by atoms with Crippen molar-refractivity contribution in [2.75, 3.05) is 21.3 Å². The Bertz CT molecular complexity index is 927. The Labute approximate surface area is 173 Å². The van der Waals surface area contributed by atoms with E-state index in [0.29, 0.717) is 22.6 Å². The van der Waals surface area contributed by atoms with Gasteiger partial charge in [0, 0.05) is 4.92 Å². The molecule has 1 fully saturated rings. The second-order valence-corrected chi connectivity index (χ2v) is 6.84. The van der Waals surface area contributed by atoms with Crippen molar-refractivity contribution in [2.24, 2.45) is 5.92 Å². The van der Waals surface area contributed by atoms with Crippen molar-refractivity contribution < 1.29 is 28.7 Å². The van der Waals surface area contributed by atoms with E-state index in [0.717, 1.165) is 7.11 Å². The van der Waals surface area contributed by atoms with Gasteiger partial charge in [0.25, 0.3) is 0 Å². The minimum absolute atomic E-state index is 0.459. The van der Waals surface area contributed by atoms with Crippen LogP contribution in [0.3, 0.4) is 0 Å². The van der Waals surface area contributed by atoms with Gasteiger partial charge in [-0.15, -0.1) is 0 Å². The maximum Gasteiger partial charge on any atom is 0.319 e. The summed E-state index contributed by atoms with van der Waals surface area (Å²) in [6.07, 6.45) is 0. The first-order valence-corrected chi connectivity index (χ1v) is 9.20. The lowest BCUT2D eigenvalue weighted by Gasteiger charge is -2.37. The fraction of sp³-hybridized carbons (Fsp3) is 0.333. The molecule has 9 nitrogen and oxygen atoms in total. The Morgan fingerprint density at radius 3 is 1.87 bits per heavy atom. The first kappa shape index (κ1) is 21.1. The zero-order chi connectivity index (χ0) is 21.8. The average molecular weight is 414 g/mol. The van der Waals surface area contributed by atoms with E-state index < -0.39 is 40.7 Å². The number of piperidine rings is 1. The summed E-state index contributed by atoms with van der Waals surface area (Å²) in [5.41, 5.74) is 1.01. The molecule has 158 valence electrons. The summed E-state index contributed by atoms with van der Waals surface area (Å²) in [6, 6.07) is 10.9. The average Bonchev–Trinajstić information content (AvgIpc) is 2.77. The lowest BCUT2D eigenvalue weighted by atomic mass is 9.73. The Balaban J connectivity index is 2.12. The first-order chi connectivity index (χ1) is 14.4. The topological polar surface area (TPSA) is 117 Å². The third-order valence-electron chi connectivity index (χ3n) is 5.32. The van der Waals surface area contributed by atoms with Crippen molar-refractivity contribution in [1.82, 2.24) is 5.32 Å². The standard InChI is InChI=1S/C21H22N2O7/c1-28-14-8-4-12(5-9-14)16-17(21(25)30-3)20(24)22-18(19(16)23(26)27)13-6-10-15(29-2)11-7-13/h4-11,16-19H,1-3H3,(H,22,24). The molecule has 30 heavy (non-hydrogen) atoms. The second-order valence-electron chi connectivity index (χ2n) is 6.84. The van der Waals surface area contributed by atoms with Crippen LogP contribution in [0.4, 0.5) is 0 Å². The molecule has 0 radical (unpaired) electrons. The number of esters is 1. The van der Waals surface area contributed by atoms with E-state index in [1.54, 1.807) is 48.5 Å². The lowest BCUT2D eigenvalue weighted by Crippen LogP contribution is -2.56. The molecule has 2 aromatic rings. The van der Waals surface area contributed by atoms with E-state index in [1.165, 1.54) is 14.2 Å². The first-order valence-electron chi connectivity index (χ1n) is 9.20. The monoisotopic (exact) mass is 414 g/mol. The molecule has 4 unspecified atom stereocenters. The van der Waals surface area contributed by atoms with Crippen molar-refractivity contribution in [3.63, 3.8) is 0 Å². The number of benzene rings is 2. The molecule has 4 atom stereocenters. The van der Waals surface area contributed by atoms with Crippen LogP contribution in [0.5, 0.6) is 11.5 Å². The lowest BCUT2D eigenvalue weighted by molar-refractivity contribution is -0.534. The minimum Gasteiger partial charge on any atom is -0.497 e. The predicted molar refractivity (Wildman–Crippen MR) is 106 cm³/mol. The molecule has 3 rings (SSSR count). The van der Waals surface area contributed by atoms with Crippen LogP contribution in [0.1, 0.15) is 23.1 Å². The van der Waals surface area contributed by atoms with Crippen LogP contribution in [-0.2, 0) is 14.3 Å². The van der Waals surface area contributed by atoms with Crippen molar-refractivity contribution >= 4 is 11.9 Å². The molecule has 1 aliphatic rings. The molecule has 0 bridgehead atoms. The predicted octanol–water partition coefficient (Wildman–Crippen LogP) is 2.09. The van der Waals surface area contributed by atoms with Crippen molar-refractivity contribution in [3.05, 3.63) is 69.8 Å². The SMILES string of the molecule is COC(=O)C1C(=O)NC(c2ccc(OC)cc2)C([N+](=O)[O-])C1c1ccc(OC)cc1. The Morgan fingerprint density at radius 2 is 1.43 bits per heavy atom. The zero-order valence-electron chi connectivity index (χ0n) is 16.7. The number of hydrogen-bond donors (Lipinski definition) is 1. The van der Waals surface area contributed by atoms with Crippen LogP contribution in [0.15, 0.2) is 48.5 Å². The van der Waals surface area contributed by atoms with E-state index in [-0.39, 0.29) is 0 Å². The van der Waals surface area contributed by atoms with Gasteiger partial charge in [-0.25, -0.2) is 0 Å². The number of methoxy groups -OCH3 is 3. The summed E-state index contributed by atoms with van der Waals surface area (Å²) in [4.78, 5) is 37.0. The number of carbonyl (C=O) groups is 2. The van der Waals surface area contributed by atoms with Crippen LogP contribution in [0.2, 0.25) is 0 Å². The highest BCUT2D eigenvalue weighted by Gasteiger charge is 2.55. The van der Waals surface area contributed by atoms with E-state index in [1.807, 2.05) is 0 Å². The normalized spacial score (nSPS) is 23.2. The van der Waals surface area contributed by atoms with Crippen LogP contribution >= 0.6 is 0 Å². The maximum absolute atomic E-state index is 12.9. The molecule has 2 aromatic carbocycles. The molecule has 9 heteroatoms. The molecule has 1 saturated heterocycles. The van der Waals surface area contributed by atoms with Gasteiger partial charge in [0.05, 0.1) is 27.2 Å². The van der Waals surface area contributed by atoms with E-state index in [9.17, 15) is 19.7 Å². The summed E-state index contributed by atoms with van der Waals surface area (Å²) in [5, 5.41) is 14.8. The van der Waals surface area contributed by atoms with Gasteiger partial charge in [0.2, 0.25) is 11.9 Å². The maximum atomic E-state index is 12.9. The molecule has 1 aliphatic heterocycles. The van der Waals surface area contributed by atoms with Gasteiger partial charge in [0.1, 0.15) is 23.5 Å². The number of hydrogen-bond acceptors (Lipinski definition) is 7. The van der Waals surface area contributed by atoms with Crippen LogP contribution < -0.4 is 14.8 Å². The Kier molecular flexibility index (Phi) is 6.20. The molecule has 0 aliphatic carbocycles. The minimum atomic E-state index is -1.35. The molecular weight excluding hydrogens is 392 g/mol. The molecule has 0 saturated carbocycles.